The Labute approximate surface area is 162 Å². The first-order valence-electron chi connectivity index (χ1n) is 8.94. The van der Waals surface area contributed by atoms with Crippen LogP contribution in [0.15, 0.2) is 73.2 Å². The number of methoxy groups -OCH3 is 1. The summed E-state index contributed by atoms with van der Waals surface area (Å²) in [5.41, 5.74) is 1.21. The molecule has 0 aliphatic rings. The van der Waals surface area contributed by atoms with Crippen LogP contribution in [0.1, 0.15) is 27.9 Å². The summed E-state index contributed by atoms with van der Waals surface area (Å²) in [6.07, 6.45) is 5.20. The Morgan fingerprint density at radius 1 is 1.04 bits per heavy atom. The van der Waals surface area contributed by atoms with E-state index in [0.717, 1.165) is 16.3 Å². The predicted molar refractivity (Wildman–Crippen MR) is 107 cm³/mol. The number of hydrogen-bond donors (Lipinski definition) is 1. The normalized spacial score (nSPS) is 11.9. The minimum absolute atomic E-state index is 0.268. The van der Waals surface area contributed by atoms with Gasteiger partial charge < -0.3 is 14.6 Å². The van der Waals surface area contributed by atoms with Crippen LogP contribution in [-0.2, 0) is 7.05 Å². The molecule has 2 heterocycles. The van der Waals surface area contributed by atoms with E-state index < -0.39 is 6.04 Å². The largest absolute Gasteiger partial charge is 0.496 e. The van der Waals surface area contributed by atoms with Crippen LogP contribution in [0.5, 0.6) is 5.75 Å². The smallest absolute Gasteiger partial charge is 0.271 e. The maximum atomic E-state index is 13.2. The topological polar surface area (TPSA) is 69.0 Å². The molecule has 4 aromatic rings. The van der Waals surface area contributed by atoms with Gasteiger partial charge in [-0.15, -0.1) is 0 Å². The summed E-state index contributed by atoms with van der Waals surface area (Å²) in [4.78, 5) is 22.0. The van der Waals surface area contributed by atoms with E-state index in [0.29, 0.717) is 17.3 Å². The third-order valence-electron chi connectivity index (χ3n) is 4.73. The Morgan fingerprint density at radius 3 is 2.61 bits per heavy atom. The Morgan fingerprint density at radius 2 is 1.82 bits per heavy atom. The van der Waals surface area contributed by atoms with E-state index in [1.807, 2.05) is 72.4 Å². The molecule has 0 radical (unpaired) electrons. The summed E-state index contributed by atoms with van der Waals surface area (Å²) in [7, 11) is 3.51. The number of ether oxygens (including phenoxy) is 1. The number of aryl methyl sites for hydroxylation is 1. The van der Waals surface area contributed by atoms with Gasteiger partial charge in [0.1, 0.15) is 23.3 Å². The molecule has 1 amide bonds. The molecule has 2 aromatic carbocycles. The summed E-state index contributed by atoms with van der Waals surface area (Å²) < 4.78 is 7.40. The van der Waals surface area contributed by atoms with E-state index in [2.05, 4.69) is 15.3 Å². The standard InChI is InChI=1S/C22H20N4O2/c1-26-14-13-24-21(26)19(17-9-5-6-10-18(17)28-2)25-22(27)20-16-8-4-3-7-15(16)11-12-23-20/h3-14,19H,1-2H3,(H,25,27)/t19-/m0/s1. The minimum atomic E-state index is -0.482. The van der Waals surface area contributed by atoms with Gasteiger partial charge in [0.05, 0.1) is 7.11 Å². The molecule has 0 saturated carbocycles. The van der Waals surface area contributed by atoms with E-state index in [4.69, 9.17) is 4.74 Å². The van der Waals surface area contributed by atoms with Gasteiger partial charge in [0.25, 0.3) is 5.91 Å². The van der Waals surface area contributed by atoms with Crippen molar-refractivity contribution in [2.45, 2.75) is 6.04 Å². The number of fused-ring (bicyclic) bond motifs is 1. The summed E-state index contributed by atoms with van der Waals surface area (Å²) in [6.45, 7) is 0. The number of nitrogens with zero attached hydrogens (tertiary/aromatic N) is 3. The SMILES string of the molecule is COc1ccccc1[C@H](NC(=O)c1nccc2ccccc12)c1nccn1C. The van der Waals surface area contributed by atoms with E-state index in [1.165, 1.54) is 0 Å². The molecule has 0 spiro atoms. The zero-order valence-corrected chi connectivity index (χ0v) is 15.7. The Hall–Kier alpha value is -3.67. The Bertz CT molecular complexity index is 1130. The highest BCUT2D eigenvalue weighted by Crippen LogP contribution is 2.29. The molecule has 6 heteroatoms. The number of carbonyl (C=O) groups is 1. The van der Waals surface area contributed by atoms with E-state index in [9.17, 15) is 4.79 Å². The van der Waals surface area contributed by atoms with Gasteiger partial charge in [0.15, 0.2) is 0 Å². The van der Waals surface area contributed by atoms with Crippen LogP contribution in [0.2, 0.25) is 0 Å². The van der Waals surface area contributed by atoms with Crippen LogP contribution in [0.4, 0.5) is 0 Å². The third-order valence-corrected chi connectivity index (χ3v) is 4.73. The van der Waals surface area contributed by atoms with Gasteiger partial charge in [-0.1, -0.05) is 42.5 Å². The first kappa shape index (κ1) is 17.7. The monoisotopic (exact) mass is 372 g/mol. The number of carbonyl (C=O) groups excluding carboxylic acids is 1. The highest BCUT2D eigenvalue weighted by atomic mass is 16.5. The fraction of sp³-hybridized carbons (Fsp3) is 0.136. The van der Waals surface area contributed by atoms with Gasteiger partial charge in [0.2, 0.25) is 0 Å². The molecule has 6 nitrogen and oxygen atoms in total. The van der Waals surface area contributed by atoms with E-state index in [-0.39, 0.29) is 5.91 Å². The second-order valence-corrected chi connectivity index (χ2v) is 6.43. The highest BCUT2D eigenvalue weighted by Gasteiger charge is 2.25. The minimum Gasteiger partial charge on any atom is -0.496 e. The van der Waals surface area contributed by atoms with Gasteiger partial charge in [-0.3, -0.25) is 9.78 Å². The number of nitrogens with one attached hydrogen (secondary N) is 1. The lowest BCUT2D eigenvalue weighted by Crippen LogP contribution is -2.32. The first-order valence-corrected chi connectivity index (χ1v) is 8.94. The van der Waals surface area contributed by atoms with Crippen molar-refractivity contribution in [1.29, 1.82) is 0 Å². The molecule has 2 aromatic heterocycles. The fourth-order valence-electron chi connectivity index (χ4n) is 3.34. The van der Waals surface area contributed by atoms with Crippen molar-refractivity contribution in [2.24, 2.45) is 7.05 Å². The highest BCUT2D eigenvalue weighted by molar-refractivity contribution is 6.05. The zero-order valence-electron chi connectivity index (χ0n) is 15.7. The molecule has 0 aliphatic carbocycles. The number of amides is 1. The molecule has 140 valence electrons. The average Bonchev–Trinajstić information content (AvgIpc) is 3.17. The number of para-hydroxylation sites is 1. The van der Waals surface area contributed by atoms with Crippen molar-refractivity contribution in [2.75, 3.05) is 7.11 Å². The summed E-state index contributed by atoms with van der Waals surface area (Å²) >= 11 is 0. The third kappa shape index (κ3) is 3.20. The van der Waals surface area contributed by atoms with Crippen molar-refractivity contribution < 1.29 is 9.53 Å². The van der Waals surface area contributed by atoms with Crippen LogP contribution < -0.4 is 10.1 Å². The molecule has 28 heavy (non-hydrogen) atoms. The van der Waals surface area contributed by atoms with Gasteiger partial charge in [-0.2, -0.15) is 0 Å². The summed E-state index contributed by atoms with van der Waals surface area (Å²) in [5, 5.41) is 4.87. The van der Waals surface area contributed by atoms with E-state index in [1.54, 1.807) is 19.5 Å². The summed E-state index contributed by atoms with van der Waals surface area (Å²) in [6, 6.07) is 16.7. The van der Waals surface area contributed by atoms with Gasteiger partial charge in [-0.05, 0) is 17.5 Å². The molecule has 1 N–H and O–H groups in total. The molecular formula is C22H20N4O2. The molecule has 0 bridgehead atoms. The lowest BCUT2D eigenvalue weighted by atomic mass is 10.0. The fourth-order valence-corrected chi connectivity index (χ4v) is 3.34. The van der Waals surface area contributed by atoms with Crippen molar-refractivity contribution in [3.8, 4) is 5.75 Å². The zero-order chi connectivity index (χ0) is 19.5. The molecule has 0 unspecified atom stereocenters. The van der Waals surface area contributed by atoms with Crippen LogP contribution >= 0.6 is 0 Å². The molecule has 0 saturated heterocycles. The first-order chi connectivity index (χ1) is 13.7. The van der Waals surface area contributed by atoms with Crippen molar-refractivity contribution in [3.63, 3.8) is 0 Å². The van der Waals surface area contributed by atoms with Gasteiger partial charge in [0, 0.05) is 36.6 Å². The second-order valence-electron chi connectivity index (χ2n) is 6.43. The summed E-state index contributed by atoms with van der Waals surface area (Å²) in [5.74, 6) is 1.12. The van der Waals surface area contributed by atoms with Crippen molar-refractivity contribution in [1.82, 2.24) is 19.9 Å². The quantitative estimate of drug-likeness (QED) is 0.582. The molecular weight excluding hydrogens is 352 g/mol. The Kier molecular flexibility index (Phi) is 4.76. The maximum absolute atomic E-state index is 13.2. The number of aromatic nitrogens is 3. The molecule has 1 atom stereocenters. The van der Waals surface area contributed by atoms with Crippen LogP contribution in [-0.4, -0.2) is 27.6 Å². The predicted octanol–water partition coefficient (Wildman–Crippen LogP) is 3.50. The number of benzene rings is 2. The molecule has 0 fully saturated rings. The Balaban J connectivity index is 1.78. The number of imidazole rings is 1. The average molecular weight is 372 g/mol. The lowest BCUT2D eigenvalue weighted by molar-refractivity contribution is 0.0937. The molecule has 4 rings (SSSR count). The lowest BCUT2D eigenvalue weighted by Gasteiger charge is -2.21. The number of pyridine rings is 1. The number of hydrogen-bond acceptors (Lipinski definition) is 4. The van der Waals surface area contributed by atoms with Crippen molar-refractivity contribution >= 4 is 16.7 Å². The van der Waals surface area contributed by atoms with Crippen LogP contribution in [0.25, 0.3) is 10.8 Å². The van der Waals surface area contributed by atoms with Crippen molar-refractivity contribution in [3.05, 3.63) is 90.3 Å². The van der Waals surface area contributed by atoms with Gasteiger partial charge in [-0.25, -0.2) is 4.98 Å². The van der Waals surface area contributed by atoms with E-state index >= 15 is 0 Å². The maximum Gasteiger partial charge on any atom is 0.271 e. The second kappa shape index (κ2) is 7.52. The van der Waals surface area contributed by atoms with Crippen LogP contribution in [0.3, 0.4) is 0 Å². The number of rotatable bonds is 5. The van der Waals surface area contributed by atoms with Gasteiger partial charge >= 0.3 is 0 Å². The van der Waals surface area contributed by atoms with Crippen LogP contribution in [0, 0.1) is 0 Å². The molecule has 0 aliphatic heterocycles.